The van der Waals surface area contributed by atoms with E-state index < -0.39 is 0 Å². The fourth-order valence-corrected chi connectivity index (χ4v) is 1.86. The molecule has 2 atom stereocenters. The van der Waals surface area contributed by atoms with Gasteiger partial charge in [-0.1, -0.05) is 26.3 Å². The molecule has 0 saturated heterocycles. The van der Waals surface area contributed by atoms with Crippen molar-refractivity contribution in [1.82, 2.24) is 0 Å². The molecule has 2 unspecified atom stereocenters. The molecule has 1 N–H and O–H groups in total. The van der Waals surface area contributed by atoms with Crippen molar-refractivity contribution < 1.29 is 9.53 Å². The Labute approximate surface area is 110 Å². The van der Waals surface area contributed by atoms with E-state index >= 15 is 0 Å². The zero-order valence-electron chi connectivity index (χ0n) is 11.9. The van der Waals surface area contributed by atoms with Crippen LogP contribution in [0.4, 0.5) is 5.69 Å². The molecular formula is C15H23NO2. The van der Waals surface area contributed by atoms with Gasteiger partial charge in [0.2, 0.25) is 0 Å². The van der Waals surface area contributed by atoms with Gasteiger partial charge in [-0.25, -0.2) is 4.79 Å². The van der Waals surface area contributed by atoms with E-state index in [1.165, 1.54) is 7.11 Å². The number of carbonyl (C=O) groups excluding carboxylic acids is 1. The minimum atomic E-state index is -0.285. The quantitative estimate of drug-likeness (QED) is 0.810. The second-order valence-corrected chi connectivity index (χ2v) is 4.79. The van der Waals surface area contributed by atoms with Gasteiger partial charge in [0.15, 0.2) is 0 Å². The molecule has 0 bridgehead atoms. The molecule has 0 aromatic heterocycles. The molecule has 0 heterocycles. The van der Waals surface area contributed by atoms with E-state index in [0.29, 0.717) is 17.5 Å². The van der Waals surface area contributed by atoms with Crippen molar-refractivity contribution in [2.75, 3.05) is 12.4 Å². The highest BCUT2D eigenvalue weighted by Crippen LogP contribution is 2.22. The summed E-state index contributed by atoms with van der Waals surface area (Å²) >= 11 is 0. The first-order chi connectivity index (χ1) is 8.51. The first-order valence-electron chi connectivity index (χ1n) is 6.45. The van der Waals surface area contributed by atoms with Gasteiger partial charge in [0.1, 0.15) is 0 Å². The van der Waals surface area contributed by atoms with E-state index in [9.17, 15) is 4.79 Å². The van der Waals surface area contributed by atoms with Crippen molar-refractivity contribution in [3.63, 3.8) is 0 Å². The predicted molar refractivity (Wildman–Crippen MR) is 75.1 cm³/mol. The lowest BCUT2D eigenvalue weighted by molar-refractivity contribution is 0.0600. The van der Waals surface area contributed by atoms with Crippen LogP contribution in [0.15, 0.2) is 18.2 Å². The molecule has 0 aliphatic carbocycles. The van der Waals surface area contributed by atoms with Crippen LogP contribution in [0.5, 0.6) is 0 Å². The number of benzene rings is 1. The number of anilines is 1. The van der Waals surface area contributed by atoms with Gasteiger partial charge in [-0.2, -0.15) is 0 Å². The van der Waals surface area contributed by atoms with Gasteiger partial charge >= 0.3 is 5.97 Å². The Morgan fingerprint density at radius 1 is 1.39 bits per heavy atom. The maximum absolute atomic E-state index is 11.6. The Morgan fingerprint density at radius 2 is 2.06 bits per heavy atom. The lowest BCUT2D eigenvalue weighted by atomic mass is 9.99. The third-order valence-corrected chi connectivity index (χ3v) is 3.62. The van der Waals surface area contributed by atoms with Gasteiger partial charge in [-0.3, -0.25) is 0 Å². The van der Waals surface area contributed by atoms with Crippen molar-refractivity contribution in [2.24, 2.45) is 5.92 Å². The largest absolute Gasteiger partial charge is 0.465 e. The second kappa shape index (κ2) is 6.43. The molecule has 0 saturated carbocycles. The van der Waals surface area contributed by atoms with E-state index in [1.807, 2.05) is 19.1 Å². The third-order valence-electron chi connectivity index (χ3n) is 3.62. The van der Waals surface area contributed by atoms with Crippen molar-refractivity contribution in [1.29, 1.82) is 0 Å². The van der Waals surface area contributed by atoms with Crippen molar-refractivity contribution >= 4 is 11.7 Å². The van der Waals surface area contributed by atoms with Crippen LogP contribution >= 0.6 is 0 Å². The Kier molecular flexibility index (Phi) is 5.20. The minimum Gasteiger partial charge on any atom is -0.465 e. The minimum absolute atomic E-state index is 0.285. The molecule has 0 aliphatic heterocycles. The number of ether oxygens (including phenoxy) is 1. The number of nitrogens with one attached hydrogen (secondary N) is 1. The fraction of sp³-hybridized carbons (Fsp3) is 0.533. The standard InChI is InChI=1S/C15H23NO2/c1-6-10(2)12(4)16-14-9-7-8-13(11(14)3)15(17)18-5/h7-10,12,16H,6H2,1-5H3. The molecule has 0 amide bonds. The zero-order chi connectivity index (χ0) is 13.7. The van der Waals surface area contributed by atoms with Crippen LogP contribution in [0, 0.1) is 12.8 Å². The summed E-state index contributed by atoms with van der Waals surface area (Å²) in [6, 6.07) is 6.05. The average molecular weight is 249 g/mol. The summed E-state index contributed by atoms with van der Waals surface area (Å²) < 4.78 is 4.78. The molecule has 0 fully saturated rings. The van der Waals surface area contributed by atoms with Gasteiger partial charge in [-0.05, 0) is 37.5 Å². The molecule has 3 heteroatoms. The molecule has 0 spiro atoms. The maximum Gasteiger partial charge on any atom is 0.338 e. The van der Waals surface area contributed by atoms with Crippen LogP contribution in [-0.2, 0) is 4.74 Å². The van der Waals surface area contributed by atoms with Gasteiger partial charge in [0, 0.05) is 11.7 Å². The Balaban J connectivity index is 2.94. The van der Waals surface area contributed by atoms with Gasteiger partial charge in [0.05, 0.1) is 12.7 Å². The van der Waals surface area contributed by atoms with Gasteiger partial charge in [-0.15, -0.1) is 0 Å². The van der Waals surface area contributed by atoms with Crippen LogP contribution in [-0.4, -0.2) is 19.1 Å². The number of rotatable bonds is 5. The summed E-state index contributed by atoms with van der Waals surface area (Å²) in [6.45, 7) is 8.51. The fourth-order valence-electron chi connectivity index (χ4n) is 1.86. The molecule has 100 valence electrons. The van der Waals surface area contributed by atoms with Gasteiger partial charge in [0.25, 0.3) is 0 Å². The van der Waals surface area contributed by atoms with E-state index in [2.05, 4.69) is 26.1 Å². The molecule has 0 radical (unpaired) electrons. The number of methoxy groups -OCH3 is 1. The molecule has 1 rings (SSSR count). The number of carbonyl (C=O) groups is 1. The first kappa shape index (κ1) is 14.6. The predicted octanol–water partition coefficient (Wildman–Crippen LogP) is 3.63. The molecule has 18 heavy (non-hydrogen) atoms. The summed E-state index contributed by atoms with van der Waals surface area (Å²) in [7, 11) is 1.41. The van der Waals surface area contributed by atoms with Gasteiger partial charge < -0.3 is 10.1 Å². The third kappa shape index (κ3) is 3.25. The normalized spacial score (nSPS) is 13.8. The number of hydrogen-bond acceptors (Lipinski definition) is 3. The monoisotopic (exact) mass is 249 g/mol. The lowest BCUT2D eigenvalue weighted by Crippen LogP contribution is -2.24. The molecule has 3 nitrogen and oxygen atoms in total. The van der Waals surface area contributed by atoms with E-state index in [1.54, 1.807) is 6.07 Å². The molecular weight excluding hydrogens is 226 g/mol. The summed E-state index contributed by atoms with van der Waals surface area (Å²) in [5, 5.41) is 3.47. The summed E-state index contributed by atoms with van der Waals surface area (Å²) in [4.78, 5) is 11.6. The van der Waals surface area contributed by atoms with Crippen molar-refractivity contribution in [3.8, 4) is 0 Å². The smallest absolute Gasteiger partial charge is 0.338 e. The molecule has 0 aliphatic rings. The van der Waals surface area contributed by atoms with Crippen LogP contribution in [0.3, 0.4) is 0 Å². The Hall–Kier alpha value is -1.51. The van der Waals surface area contributed by atoms with E-state index in [-0.39, 0.29) is 5.97 Å². The Bertz CT molecular complexity index is 415. The maximum atomic E-state index is 11.6. The van der Waals surface area contributed by atoms with Crippen LogP contribution < -0.4 is 5.32 Å². The zero-order valence-corrected chi connectivity index (χ0v) is 11.9. The van der Waals surface area contributed by atoms with Crippen LogP contribution in [0.25, 0.3) is 0 Å². The second-order valence-electron chi connectivity index (χ2n) is 4.79. The lowest BCUT2D eigenvalue weighted by Gasteiger charge is -2.22. The summed E-state index contributed by atoms with van der Waals surface area (Å²) in [6.07, 6.45) is 1.13. The summed E-state index contributed by atoms with van der Waals surface area (Å²) in [5.41, 5.74) is 2.57. The Morgan fingerprint density at radius 3 is 2.61 bits per heavy atom. The SMILES string of the molecule is CCC(C)C(C)Nc1cccc(C(=O)OC)c1C. The highest BCUT2D eigenvalue weighted by Gasteiger charge is 2.15. The number of hydrogen-bond donors (Lipinski definition) is 1. The van der Waals surface area contributed by atoms with Crippen molar-refractivity contribution in [3.05, 3.63) is 29.3 Å². The topological polar surface area (TPSA) is 38.3 Å². The molecule has 1 aromatic carbocycles. The highest BCUT2D eigenvalue weighted by atomic mass is 16.5. The first-order valence-corrected chi connectivity index (χ1v) is 6.45. The van der Waals surface area contributed by atoms with Crippen molar-refractivity contribution in [2.45, 2.75) is 40.2 Å². The average Bonchev–Trinajstić information content (AvgIpc) is 2.39. The van der Waals surface area contributed by atoms with Crippen LogP contribution in [0.2, 0.25) is 0 Å². The number of esters is 1. The van der Waals surface area contributed by atoms with Crippen LogP contribution in [0.1, 0.15) is 43.1 Å². The summed E-state index contributed by atoms with van der Waals surface area (Å²) in [5.74, 6) is 0.304. The molecule has 1 aromatic rings. The highest BCUT2D eigenvalue weighted by molar-refractivity contribution is 5.92. The van der Waals surface area contributed by atoms with E-state index in [0.717, 1.165) is 17.7 Å². The van der Waals surface area contributed by atoms with E-state index in [4.69, 9.17) is 4.74 Å².